The van der Waals surface area contributed by atoms with Crippen molar-refractivity contribution >= 4 is 44.0 Å². The molecule has 1 saturated carbocycles. The Morgan fingerprint density at radius 1 is 1.00 bits per heavy atom. The maximum atomic E-state index is 14.2. The molecule has 0 saturated heterocycles. The number of aromatic amines is 1. The molecule has 1 fully saturated rings. The van der Waals surface area contributed by atoms with Crippen molar-refractivity contribution in [2.45, 2.75) is 42.7 Å². The molecule has 1 aliphatic carbocycles. The first-order valence-corrected chi connectivity index (χ1v) is 16.4. The molecule has 46 heavy (non-hydrogen) atoms. The Kier molecular flexibility index (Phi) is 8.69. The minimum atomic E-state index is -3.72. The SMILES string of the molecule is COC(Oc1ccc2cc1CN(C)C(=O)[C@H](Nc1ccc3cc[nH]c(=O)c3c1)c1ccc(cc1)CCOC(=O)N2)S(=O)(=O)C1CC1. The Hall–Kier alpha value is -4.88. The monoisotopic (exact) mass is 646 g/mol. The smallest absolute Gasteiger partial charge is 0.411 e. The third-order valence-electron chi connectivity index (χ3n) is 8.03. The molecule has 3 aromatic carbocycles. The summed E-state index contributed by atoms with van der Waals surface area (Å²) in [6.07, 6.45) is 2.47. The van der Waals surface area contributed by atoms with Gasteiger partial charge in [0.15, 0.2) is 0 Å². The van der Waals surface area contributed by atoms with Crippen LogP contribution in [0.2, 0.25) is 0 Å². The lowest BCUT2D eigenvalue weighted by molar-refractivity contribution is -0.131. The normalized spacial score (nSPS) is 18.1. The number of ether oxygens (including phenoxy) is 3. The van der Waals surface area contributed by atoms with Crippen LogP contribution in [0.4, 0.5) is 16.2 Å². The van der Waals surface area contributed by atoms with Crippen molar-refractivity contribution in [1.29, 1.82) is 0 Å². The zero-order valence-electron chi connectivity index (χ0n) is 25.3. The number of pyridine rings is 1. The molecule has 4 aromatic rings. The zero-order valence-corrected chi connectivity index (χ0v) is 26.1. The van der Waals surface area contributed by atoms with Crippen LogP contribution in [0.25, 0.3) is 10.8 Å². The lowest BCUT2D eigenvalue weighted by Gasteiger charge is -2.27. The fourth-order valence-electron chi connectivity index (χ4n) is 5.38. The number of hydrogen-bond acceptors (Lipinski definition) is 9. The zero-order chi connectivity index (χ0) is 32.4. The molecular weight excluding hydrogens is 612 g/mol. The Balaban J connectivity index is 1.36. The topological polar surface area (TPSA) is 156 Å². The van der Waals surface area contributed by atoms with Crippen LogP contribution in [-0.4, -0.2) is 61.9 Å². The van der Waals surface area contributed by atoms with E-state index in [2.05, 4.69) is 15.6 Å². The van der Waals surface area contributed by atoms with Gasteiger partial charge in [0.05, 0.1) is 11.9 Å². The number of anilines is 2. The summed E-state index contributed by atoms with van der Waals surface area (Å²) in [7, 11) is -0.841. The fourth-order valence-corrected chi connectivity index (χ4v) is 6.99. The van der Waals surface area contributed by atoms with Crippen LogP contribution >= 0.6 is 0 Å². The summed E-state index contributed by atoms with van der Waals surface area (Å²) in [6, 6.07) is 18.4. The van der Waals surface area contributed by atoms with Gasteiger partial charge in [0.25, 0.3) is 5.56 Å². The summed E-state index contributed by atoms with van der Waals surface area (Å²) in [5, 5.41) is 6.71. The van der Waals surface area contributed by atoms with Crippen molar-refractivity contribution < 1.29 is 32.2 Å². The van der Waals surface area contributed by atoms with Crippen molar-refractivity contribution in [1.82, 2.24) is 9.88 Å². The molecule has 2 amide bonds. The standard InChI is InChI=1S/C33H34N4O8S/c1-37-19-23-17-24(9-12-28(23)45-33(43-2)46(41,42)26-10-11-26)36-32(40)44-16-14-20-3-5-22(6-4-20)29(31(37)39)35-25-8-7-21-13-15-34-30(38)27(21)18-25/h3-9,12-13,15,17-18,26,29,33,35H,10-11,14,16,19H2,1-2H3,(H,34,38)(H,36,40)/t29-,33?/m1/s1. The highest BCUT2D eigenvalue weighted by Gasteiger charge is 2.43. The molecule has 3 aliphatic rings. The van der Waals surface area contributed by atoms with E-state index in [1.54, 1.807) is 37.5 Å². The Morgan fingerprint density at radius 2 is 1.78 bits per heavy atom. The Bertz CT molecular complexity index is 1940. The first-order valence-electron chi connectivity index (χ1n) is 14.8. The van der Waals surface area contributed by atoms with Gasteiger partial charge in [0.2, 0.25) is 15.7 Å². The molecule has 1 unspecified atom stereocenters. The quantitative estimate of drug-likeness (QED) is 0.249. The summed E-state index contributed by atoms with van der Waals surface area (Å²) >= 11 is 0. The van der Waals surface area contributed by atoms with E-state index in [0.717, 1.165) is 10.9 Å². The fraction of sp³-hybridized carbons (Fsp3) is 0.303. The number of sulfone groups is 1. The number of benzene rings is 3. The molecule has 240 valence electrons. The number of aromatic nitrogens is 1. The van der Waals surface area contributed by atoms with Gasteiger partial charge in [-0.15, -0.1) is 0 Å². The minimum absolute atomic E-state index is 0.00764. The molecule has 0 radical (unpaired) electrons. The van der Waals surface area contributed by atoms with E-state index >= 15 is 0 Å². The Morgan fingerprint density at radius 3 is 2.52 bits per heavy atom. The van der Waals surface area contributed by atoms with Crippen molar-refractivity contribution in [2.24, 2.45) is 0 Å². The summed E-state index contributed by atoms with van der Waals surface area (Å²) in [4.78, 5) is 43.4. The highest BCUT2D eigenvalue weighted by molar-refractivity contribution is 7.92. The summed E-state index contributed by atoms with van der Waals surface area (Å²) in [5.41, 5.74) is 1.19. The van der Waals surface area contributed by atoms with Gasteiger partial charge in [-0.05, 0) is 65.8 Å². The summed E-state index contributed by atoms with van der Waals surface area (Å²) < 4.78 is 42.5. The number of carbonyl (C=O) groups excluding carboxylic acids is 2. The number of amides is 2. The van der Waals surface area contributed by atoms with Crippen LogP contribution in [-0.2, 0) is 37.1 Å². The number of rotatable bonds is 7. The number of nitrogens with one attached hydrogen (secondary N) is 3. The van der Waals surface area contributed by atoms with Crippen molar-refractivity contribution in [3.8, 4) is 5.75 Å². The van der Waals surface area contributed by atoms with Crippen molar-refractivity contribution in [2.75, 3.05) is 31.4 Å². The predicted octanol–water partition coefficient (Wildman–Crippen LogP) is 4.33. The second kappa shape index (κ2) is 12.9. The largest absolute Gasteiger partial charge is 0.450 e. The van der Waals surface area contributed by atoms with Gasteiger partial charge in [-0.2, -0.15) is 0 Å². The van der Waals surface area contributed by atoms with Gasteiger partial charge in [-0.1, -0.05) is 30.3 Å². The van der Waals surface area contributed by atoms with Gasteiger partial charge in [-0.3, -0.25) is 14.9 Å². The van der Waals surface area contributed by atoms with E-state index in [0.29, 0.717) is 47.2 Å². The van der Waals surface area contributed by atoms with E-state index in [9.17, 15) is 22.8 Å². The molecule has 7 rings (SSSR count). The maximum Gasteiger partial charge on any atom is 0.411 e. The summed E-state index contributed by atoms with van der Waals surface area (Å²) in [6.45, 7) is 0.120. The molecule has 2 atom stereocenters. The first-order chi connectivity index (χ1) is 22.1. The molecule has 0 spiro atoms. The minimum Gasteiger partial charge on any atom is -0.450 e. The third kappa shape index (κ3) is 6.70. The third-order valence-corrected chi connectivity index (χ3v) is 10.3. The molecule has 4 bridgehead atoms. The number of likely N-dealkylation sites (N-methyl/N-ethyl adjacent to an activating group) is 1. The molecule has 13 heteroatoms. The van der Waals surface area contributed by atoms with Gasteiger partial charge in [-0.25, -0.2) is 13.2 Å². The average Bonchev–Trinajstić information content (AvgIpc) is 3.90. The highest BCUT2D eigenvalue weighted by atomic mass is 32.2. The van der Waals surface area contributed by atoms with Gasteiger partial charge in [0.1, 0.15) is 11.8 Å². The lowest BCUT2D eigenvalue weighted by atomic mass is 10.0. The molecule has 3 heterocycles. The maximum absolute atomic E-state index is 14.2. The number of carbonyl (C=O) groups is 2. The molecule has 2 aliphatic heterocycles. The number of nitrogens with zero attached hydrogens (tertiary/aromatic N) is 1. The molecule has 12 nitrogen and oxygen atoms in total. The molecular formula is C33H34N4O8S. The second-order valence-electron chi connectivity index (χ2n) is 11.4. The van der Waals surface area contributed by atoms with Crippen LogP contribution in [0.5, 0.6) is 5.75 Å². The molecule has 1 aromatic heterocycles. The number of methoxy groups -OCH3 is 1. The van der Waals surface area contributed by atoms with E-state index in [1.807, 2.05) is 36.4 Å². The van der Waals surface area contributed by atoms with E-state index in [1.165, 1.54) is 18.1 Å². The van der Waals surface area contributed by atoms with Gasteiger partial charge < -0.3 is 29.4 Å². The van der Waals surface area contributed by atoms with Crippen LogP contribution in [0.15, 0.2) is 77.7 Å². The van der Waals surface area contributed by atoms with Gasteiger partial charge in [0, 0.05) is 55.6 Å². The van der Waals surface area contributed by atoms with Crippen LogP contribution < -0.4 is 20.9 Å². The summed E-state index contributed by atoms with van der Waals surface area (Å²) in [5.74, 6) is -0.127. The van der Waals surface area contributed by atoms with E-state index in [4.69, 9.17) is 14.2 Å². The second-order valence-corrected chi connectivity index (χ2v) is 13.6. The lowest BCUT2D eigenvalue weighted by Crippen LogP contribution is -2.36. The van der Waals surface area contributed by atoms with Crippen LogP contribution in [0, 0.1) is 0 Å². The number of fused-ring (bicyclic) bond motifs is 10. The average molecular weight is 647 g/mol. The number of H-pyrrole nitrogens is 1. The highest BCUT2D eigenvalue weighted by Crippen LogP contribution is 2.34. The Labute approximate surface area is 265 Å². The predicted molar refractivity (Wildman–Crippen MR) is 172 cm³/mol. The molecule has 3 N–H and O–H groups in total. The van der Waals surface area contributed by atoms with E-state index in [-0.39, 0.29) is 30.4 Å². The van der Waals surface area contributed by atoms with E-state index < -0.39 is 32.8 Å². The van der Waals surface area contributed by atoms with Crippen LogP contribution in [0.3, 0.4) is 0 Å². The van der Waals surface area contributed by atoms with Crippen LogP contribution in [0.1, 0.15) is 35.6 Å². The number of hydrogen-bond donors (Lipinski definition) is 3. The van der Waals surface area contributed by atoms with Crippen molar-refractivity contribution in [3.05, 3.63) is 100.0 Å². The first kappa shape index (κ1) is 31.1. The van der Waals surface area contributed by atoms with Gasteiger partial charge >= 0.3 is 11.7 Å². The van der Waals surface area contributed by atoms with Crippen molar-refractivity contribution in [3.63, 3.8) is 0 Å².